The zero-order chi connectivity index (χ0) is 20.2. The molecule has 2 heterocycles. The summed E-state index contributed by atoms with van der Waals surface area (Å²) >= 11 is 0. The van der Waals surface area contributed by atoms with Crippen LogP contribution in [0.15, 0.2) is 61.1 Å². The second-order valence-electron chi connectivity index (χ2n) is 6.72. The minimum Gasteiger partial charge on any atom is -0.361 e. The van der Waals surface area contributed by atoms with Crippen LogP contribution in [0.3, 0.4) is 0 Å². The fourth-order valence-electron chi connectivity index (χ4n) is 3.29. The molecule has 0 spiro atoms. The number of H-pyrrole nitrogens is 2. The van der Waals surface area contributed by atoms with Crippen molar-refractivity contribution >= 4 is 28.4 Å². The highest BCUT2D eigenvalue weighted by Crippen LogP contribution is 2.21. The van der Waals surface area contributed by atoms with Gasteiger partial charge in [-0.3, -0.25) is 14.7 Å². The van der Waals surface area contributed by atoms with Crippen LogP contribution in [0, 0.1) is 0 Å². The molecule has 0 fully saturated rings. The molecule has 0 aliphatic rings. The van der Waals surface area contributed by atoms with Gasteiger partial charge in [-0.1, -0.05) is 30.3 Å². The molecule has 0 saturated carbocycles. The fraction of sp³-hybridized carbons (Fsp3) is 0.143. The lowest BCUT2D eigenvalue weighted by Gasteiger charge is -2.18. The molecule has 1 atom stereocenters. The molecule has 0 aliphatic carbocycles. The molecule has 1 unspecified atom stereocenters. The highest BCUT2D eigenvalue weighted by molar-refractivity contribution is 5.98. The minimum atomic E-state index is -0.708. The number of hydrogen-bond acceptors (Lipinski definition) is 4. The number of fused-ring (bicyclic) bond motifs is 1. The summed E-state index contributed by atoms with van der Waals surface area (Å²) in [5.41, 5.74) is 3.36. The van der Waals surface area contributed by atoms with E-state index >= 15 is 0 Å². The van der Waals surface area contributed by atoms with Gasteiger partial charge in [0, 0.05) is 41.7 Å². The molecule has 0 radical (unpaired) electrons. The number of amides is 2. The predicted molar refractivity (Wildman–Crippen MR) is 110 cm³/mol. The van der Waals surface area contributed by atoms with E-state index in [0.29, 0.717) is 17.9 Å². The standard InChI is InChI=1S/C21H20N6O2/c1-13(28)25-19(10-15-11-22-18-8-3-2-7-17(15)18)21(29)26-16-6-4-5-14(9-16)20-23-12-24-27-20/h2-9,11-12,19,22H,10H2,1H3,(H,25,28)(H,26,29)(H,23,24,27). The Hall–Kier alpha value is -3.94. The maximum atomic E-state index is 12.9. The van der Waals surface area contributed by atoms with Crippen molar-refractivity contribution in [1.29, 1.82) is 0 Å². The molecule has 2 amide bonds. The van der Waals surface area contributed by atoms with Crippen molar-refractivity contribution in [3.8, 4) is 11.4 Å². The lowest BCUT2D eigenvalue weighted by molar-refractivity contribution is -0.125. The van der Waals surface area contributed by atoms with Crippen molar-refractivity contribution in [3.05, 3.63) is 66.6 Å². The molecule has 29 heavy (non-hydrogen) atoms. The van der Waals surface area contributed by atoms with E-state index in [4.69, 9.17) is 0 Å². The average molecular weight is 388 g/mol. The van der Waals surface area contributed by atoms with Crippen molar-refractivity contribution in [2.24, 2.45) is 0 Å². The van der Waals surface area contributed by atoms with Crippen LogP contribution in [0.5, 0.6) is 0 Å². The van der Waals surface area contributed by atoms with Crippen molar-refractivity contribution in [3.63, 3.8) is 0 Å². The Kier molecular flexibility index (Phi) is 5.07. The maximum absolute atomic E-state index is 12.9. The normalized spacial score (nSPS) is 11.9. The summed E-state index contributed by atoms with van der Waals surface area (Å²) in [5.74, 6) is 0.0545. The molecule has 4 rings (SSSR count). The Balaban J connectivity index is 1.55. The van der Waals surface area contributed by atoms with E-state index < -0.39 is 6.04 Å². The summed E-state index contributed by atoms with van der Waals surface area (Å²) in [7, 11) is 0. The molecular formula is C21H20N6O2. The quantitative estimate of drug-likeness (QED) is 0.406. The van der Waals surface area contributed by atoms with Crippen molar-refractivity contribution < 1.29 is 9.59 Å². The van der Waals surface area contributed by atoms with Crippen LogP contribution in [0.2, 0.25) is 0 Å². The molecular weight excluding hydrogens is 368 g/mol. The second kappa shape index (κ2) is 7.97. The fourth-order valence-corrected chi connectivity index (χ4v) is 3.29. The molecule has 8 nitrogen and oxygen atoms in total. The van der Waals surface area contributed by atoms with Crippen LogP contribution in [-0.2, 0) is 16.0 Å². The van der Waals surface area contributed by atoms with Gasteiger partial charge in [0.2, 0.25) is 11.8 Å². The van der Waals surface area contributed by atoms with Gasteiger partial charge in [0.05, 0.1) is 0 Å². The molecule has 146 valence electrons. The SMILES string of the molecule is CC(=O)NC(Cc1c[nH]c2ccccc12)C(=O)Nc1cccc(-c2ncn[nH]2)c1. The van der Waals surface area contributed by atoms with Crippen molar-refractivity contribution in [2.45, 2.75) is 19.4 Å². The van der Waals surface area contributed by atoms with Gasteiger partial charge in [-0.05, 0) is 23.8 Å². The van der Waals surface area contributed by atoms with Crippen molar-refractivity contribution in [1.82, 2.24) is 25.5 Å². The van der Waals surface area contributed by atoms with E-state index in [1.54, 1.807) is 12.1 Å². The number of para-hydroxylation sites is 1. The lowest BCUT2D eigenvalue weighted by atomic mass is 10.0. The molecule has 0 saturated heterocycles. The third kappa shape index (κ3) is 4.16. The number of rotatable bonds is 6. The molecule has 4 aromatic rings. The first-order chi connectivity index (χ1) is 14.1. The maximum Gasteiger partial charge on any atom is 0.247 e. The zero-order valence-corrected chi connectivity index (χ0v) is 15.8. The van der Waals surface area contributed by atoms with Crippen molar-refractivity contribution in [2.75, 3.05) is 5.32 Å². The van der Waals surface area contributed by atoms with E-state index in [0.717, 1.165) is 22.0 Å². The number of anilines is 1. The topological polar surface area (TPSA) is 116 Å². The highest BCUT2D eigenvalue weighted by Gasteiger charge is 2.22. The summed E-state index contributed by atoms with van der Waals surface area (Å²) in [5, 5.41) is 13.3. The summed E-state index contributed by atoms with van der Waals surface area (Å²) in [6, 6.07) is 14.4. The Morgan fingerprint density at radius 1 is 1.14 bits per heavy atom. The predicted octanol–water partition coefficient (Wildman–Crippen LogP) is 2.64. The van der Waals surface area contributed by atoms with E-state index in [1.807, 2.05) is 42.6 Å². The van der Waals surface area contributed by atoms with Crippen LogP contribution >= 0.6 is 0 Å². The average Bonchev–Trinajstić information content (AvgIpc) is 3.38. The molecule has 2 aromatic carbocycles. The number of hydrogen-bond donors (Lipinski definition) is 4. The van der Waals surface area contributed by atoms with Gasteiger partial charge < -0.3 is 15.6 Å². The number of aromatic amines is 2. The first-order valence-corrected chi connectivity index (χ1v) is 9.19. The Morgan fingerprint density at radius 2 is 2.00 bits per heavy atom. The van der Waals surface area contributed by atoms with E-state index in [1.165, 1.54) is 13.3 Å². The zero-order valence-electron chi connectivity index (χ0n) is 15.8. The van der Waals surface area contributed by atoms with Crippen LogP contribution in [-0.4, -0.2) is 38.0 Å². The minimum absolute atomic E-state index is 0.264. The van der Waals surface area contributed by atoms with Gasteiger partial charge in [0.15, 0.2) is 5.82 Å². The first-order valence-electron chi connectivity index (χ1n) is 9.19. The number of nitrogens with zero attached hydrogens (tertiary/aromatic N) is 2. The van der Waals surface area contributed by atoms with Gasteiger partial charge in [-0.2, -0.15) is 5.10 Å². The smallest absolute Gasteiger partial charge is 0.247 e. The van der Waals surface area contributed by atoms with Gasteiger partial charge >= 0.3 is 0 Å². The number of aromatic nitrogens is 4. The second-order valence-corrected chi connectivity index (χ2v) is 6.72. The van der Waals surface area contributed by atoms with Crippen LogP contribution in [0.25, 0.3) is 22.3 Å². The van der Waals surface area contributed by atoms with Gasteiger partial charge in [0.25, 0.3) is 0 Å². The lowest BCUT2D eigenvalue weighted by Crippen LogP contribution is -2.44. The number of carbonyl (C=O) groups is 2. The molecule has 0 aliphatic heterocycles. The van der Waals surface area contributed by atoms with Gasteiger partial charge in [0.1, 0.15) is 12.4 Å². The van der Waals surface area contributed by atoms with E-state index in [9.17, 15) is 9.59 Å². The van der Waals surface area contributed by atoms with Crippen LogP contribution in [0.4, 0.5) is 5.69 Å². The number of benzene rings is 2. The van der Waals surface area contributed by atoms with Crippen LogP contribution in [0.1, 0.15) is 12.5 Å². The number of nitrogens with one attached hydrogen (secondary N) is 4. The molecule has 0 bridgehead atoms. The summed E-state index contributed by atoms with van der Waals surface area (Å²) in [6.45, 7) is 1.40. The summed E-state index contributed by atoms with van der Waals surface area (Å²) < 4.78 is 0. The first kappa shape index (κ1) is 18.4. The van der Waals surface area contributed by atoms with E-state index in [-0.39, 0.29) is 11.8 Å². The molecule has 8 heteroatoms. The molecule has 2 aromatic heterocycles. The third-order valence-electron chi connectivity index (χ3n) is 4.61. The molecule has 4 N–H and O–H groups in total. The Labute approximate surface area is 166 Å². The number of carbonyl (C=O) groups excluding carboxylic acids is 2. The highest BCUT2D eigenvalue weighted by atomic mass is 16.2. The summed E-state index contributed by atoms with van der Waals surface area (Å²) in [4.78, 5) is 31.9. The summed E-state index contributed by atoms with van der Waals surface area (Å²) in [6.07, 6.45) is 3.67. The van der Waals surface area contributed by atoms with E-state index in [2.05, 4.69) is 30.8 Å². The Morgan fingerprint density at radius 3 is 2.79 bits per heavy atom. The largest absolute Gasteiger partial charge is 0.361 e. The van der Waals surface area contributed by atoms with Crippen LogP contribution < -0.4 is 10.6 Å². The van der Waals surface area contributed by atoms with Gasteiger partial charge in [-0.15, -0.1) is 0 Å². The monoisotopic (exact) mass is 388 g/mol. The third-order valence-corrected chi connectivity index (χ3v) is 4.61. The Bertz CT molecular complexity index is 1150. The van der Waals surface area contributed by atoms with Gasteiger partial charge in [-0.25, -0.2) is 4.98 Å².